The lowest BCUT2D eigenvalue weighted by Crippen LogP contribution is -2.52. The van der Waals surface area contributed by atoms with E-state index in [1.54, 1.807) is 12.1 Å². The molecule has 1 atom stereocenters. The number of nitrogens with one attached hydrogen (secondary N) is 3. The summed E-state index contributed by atoms with van der Waals surface area (Å²) >= 11 is 0. The van der Waals surface area contributed by atoms with Crippen molar-refractivity contribution in [2.24, 2.45) is 0 Å². The standard InChI is InChI=1S/C16H19FN4O3/c17-11-9-10(1-3-13(11)21-7-5-18-6-8-21)15(23)19-12-2-4-14(22)20-16(12)24/h1,3,9,12,18H,2,4-8H2,(H,19,23)(H,20,22,24). The fraction of sp³-hybridized carbons (Fsp3) is 0.438. The molecule has 0 bridgehead atoms. The molecule has 3 N–H and O–H groups in total. The topological polar surface area (TPSA) is 90.5 Å². The molecule has 7 nitrogen and oxygen atoms in total. The highest BCUT2D eigenvalue weighted by Gasteiger charge is 2.28. The average molecular weight is 334 g/mol. The number of piperazine rings is 1. The molecule has 2 heterocycles. The molecular formula is C16H19FN4O3. The molecule has 3 rings (SSSR count). The lowest BCUT2D eigenvalue weighted by Gasteiger charge is -2.29. The number of nitrogens with zero attached hydrogens (tertiary/aromatic N) is 1. The van der Waals surface area contributed by atoms with Crippen LogP contribution in [-0.2, 0) is 9.59 Å². The normalized spacial score (nSPS) is 21.4. The SMILES string of the molecule is O=C1CCC(NC(=O)c2ccc(N3CCNCC3)c(F)c2)C(=O)N1. The quantitative estimate of drug-likeness (QED) is 0.665. The first-order valence-corrected chi connectivity index (χ1v) is 7.94. The second kappa shape index (κ2) is 6.96. The largest absolute Gasteiger partial charge is 0.367 e. The van der Waals surface area contributed by atoms with Crippen LogP contribution in [0.3, 0.4) is 0 Å². The van der Waals surface area contributed by atoms with Gasteiger partial charge in [-0.15, -0.1) is 0 Å². The summed E-state index contributed by atoms with van der Waals surface area (Å²) in [5, 5.41) is 7.90. The fourth-order valence-corrected chi connectivity index (χ4v) is 2.88. The van der Waals surface area contributed by atoms with Crippen molar-refractivity contribution in [1.82, 2.24) is 16.0 Å². The van der Waals surface area contributed by atoms with Gasteiger partial charge in [0.15, 0.2) is 0 Å². The van der Waals surface area contributed by atoms with Crippen molar-refractivity contribution >= 4 is 23.4 Å². The van der Waals surface area contributed by atoms with E-state index in [0.717, 1.165) is 13.1 Å². The van der Waals surface area contributed by atoms with E-state index in [9.17, 15) is 18.8 Å². The highest BCUT2D eigenvalue weighted by atomic mass is 19.1. The monoisotopic (exact) mass is 334 g/mol. The molecule has 0 aliphatic carbocycles. The molecule has 3 amide bonds. The van der Waals surface area contributed by atoms with Gasteiger partial charge < -0.3 is 15.5 Å². The molecule has 0 spiro atoms. The van der Waals surface area contributed by atoms with Crippen LogP contribution in [0.5, 0.6) is 0 Å². The van der Waals surface area contributed by atoms with E-state index >= 15 is 0 Å². The Kier molecular flexibility index (Phi) is 4.75. The van der Waals surface area contributed by atoms with E-state index in [2.05, 4.69) is 16.0 Å². The molecule has 2 aliphatic rings. The predicted octanol–water partition coefficient (Wildman–Crippen LogP) is -0.230. The number of carbonyl (C=O) groups excluding carboxylic acids is 3. The van der Waals surface area contributed by atoms with Crippen LogP contribution in [0, 0.1) is 5.82 Å². The van der Waals surface area contributed by atoms with Gasteiger partial charge in [0.05, 0.1) is 5.69 Å². The molecule has 128 valence electrons. The van der Waals surface area contributed by atoms with Crippen molar-refractivity contribution in [1.29, 1.82) is 0 Å². The predicted molar refractivity (Wildman–Crippen MR) is 85.1 cm³/mol. The molecule has 24 heavy (non-hydrogen) atoms. The van der Waals surface area contributed by atoms with Gasteiger partial charge in [-0.3, -0.25) is 19.7 Å². The maximum atomic E-state index is 14.3. The van der Waals surface area contributed by atoms with Crippen molar-refractivity contribution in [3.63, 3.8) is 0 Å². The van der Waals surface area contributed by atoms with Gasteiger partial charge in [0, 0.05) is 38.2 Å². The van der Waals surface area contributed by atoms with Crippen LogP contribution >= 0.6 is 0 Å². The first kappa shape index (κ1) is 16.4. The Labute approximate surface area is 138 Å². The fourth-order valence-electron chi connectivity index (χ4n) is 2.88. The number of halogens is 1. The summed E-state index contributed by atoms with van der Waals surface area (Å²) in [4.78, 5) is 36.9. The zero-order valence-electron chi connectivity index (χ0n) is 13.1. The molecule has 1 unspecified atom stereocenters. The minimum absolute atomic E-state index is 0.149. The van der Waals surface area contributed by atoms with Crippen molar-refractivity contribution in [2.75, 3.05) is 31.1 Å². The smallest absolute Gasteiger partial charge is 0.252 e. The molecule has 0 radical (unpaired) electrons. The molecule has 1 aromatic carbocycles. The van der Waals surface area contributed by atoms with E-state index in [4.69, 9.17) is 0 Å². The number of imide groups is 1. The number of piperidine rings is 1. The van der Waals surface area contributed by atoms with Crippen LogP contribution in [0.4, 0.5) is 10.1 Å². The van der Waals surface area contributed by atoms with Gasteiger partial charge in [0.2, 0.25) is 11.8 Å². The molecule has 0 saturated carbocycles. The second-order valence-electron chi connectivity index (χ2n) is 5.88. The highest BCUT2D eigenvalue weighted by molar-refractivity contribution is 6.03. The Balaban J connectivity index is 1.68. The number of hydrogen-bond donors (Lipinski definition) is 3. The second-order valence-corrected chi connectivity index (χ2v) is 5.88. The lowest BCUT2D eigenvalue weighted by molar-refractivity contribution is -0.134. The maximum absolute atomic E-state index is 14.3. The minimum atomic E-state index is -0.772. The summed E-state index contributed by atoms with van der Waals surface area (Å²) in [6.45, 7) is 2.99. The molecule has 8 heteroatoms. The maximum Gasteiger partial charge on any atom is 0.252 e. The number of anilines is 1. The van der Waals surface area contributed by atoms with Crippen molar-refractivity contribution in [3.05, 3.63) is 29.6 Å². The summed E-state index contributed by atoms with van der Waals surface area (Å²) in [5.41, 5.74) is 0.616. The van der Waals surface area contributed by atoms with Gasteiger partial charge in [-0.2, -0.15) is 0 Å². The van der Waals surface area contributed by atoms with Gasteiger partial charge in [-0.05, 0) is 24.6 Å². The summed E-state index contributed by atoms with van der Waals surface area (Å²) < 4.78 is 14.3. The van der Waals surface area contributed by atoms with Crippen LogP contribution < -0.4 is 20.9 Å². The Bertz CT molecular complexity index is 673. The minimum Gasteiger partial charge on any atom is -0.367 e. The Morgan fingerprint density at radius 3 is 2.67 bits per heavy atom. The zero-order valence-corrected chi connectivity index (χ0v) is 13.1. The summed E-state index contributed by atoms with van der Waals surface area (Å²) in [5.74, 6) is -1.88. The Morgan fingerprint density at radius 2 is 2.00 bits per heavy atom. The van der Waals surface area contributed by atoms with Crippen LogP contribution in [0.1, 0.15) is 23.2 Å². The van der Waals surface area contributed by atoms with Gasteiger partial charge in [0.1, 0.15) is 11.9 Å². The first-order chi connectivity index (χ1) is 11.5. The van der Waals surface area contributed by atoms with Crippen molar-refractivity contribution in [3.8, 4) is 0 Å². The summed E-state index contributed by atoms with van der Waals surface area (Å²) in [6, 6.07) is 3.53. The van der Waals surface area contributed by atoms with Crippen molar-refractivity contribution < 1.29 is 18.8 Å². The van der Waals surface area contributed by atoms with E-state index < -0.39 is 23.7 Å². The third-order valence-corrected chi connectivity index (χ3v) is 4.21. The van der Waals surface area contributed by atoms with Crippen LogP contribution in [0.2, 0.25) is 0 Å². The number of rotatable bonds is 3. The van der Waals surface area contributed by atoms with Crippen molar-refractivity contribution in [2.45, 2.75) is 18.9 Å². The molecular weight excluding hydrogens is 315 g/mol. The Morgan fingerprint density at radius 1 is 1.25 bits per heavy atom. The van der Waals surface area contributed by atoms with E-state index in [1.807, 2.05) is 4.90 Å². The third-order valence-electron chi connectivity index (χ3n) is 4.21. The summed E-state index contributed by atoms with van der Waals surface area (Å²) in [7, 11) is 0. The van der Waals surface area contributed by atoms with Gasteiger partial charge in [-0.1, -0.05) is 0 Å². The van der Waals surface area contributed by atoms with E-state index in [0.29, 0.717) is 18.8 Å². The van der Waals surface area contributed by atoms with Crippen LogP contribution in [0.15, 0.2) is 18.2 Å². The van der Waals surface area contributed by atoms with Crippen LogP contribution in [0.25, 0.3) is 0 Å². The molecule has 2 saturated heterocycles. The van der Waals surface area contributed by atoms with E-state index in [-0.39, 0.29) is 24.3 Å². The number of amides is 3. The van der Waals surface area contributed by atoms with Gasteiger partial charge in [0.25, 0.3) is 5.91 Å². The van der Waals surface area contributed by atoms with Crippen LogP contribution in [-0.4, -0.2) is 49.9 Å². The first-order valence-electron chi connectivity index (χ1n) is 7.94. The van der Waals surface area contributed by atoms with Gasteiger partial charge in [-0.25, -0.2) is 4.39 Å². The zero-order chi connectivity index (χ0) is 17.1. The molecule has 0 aromatic heterocycles. The highest BCUT2D eigenvalue weighted by Crippen LogP contribution is 2.21. The third kappa shape index (κ3) is 3.53. The lowest BCUT2D eigenvalue weighted by atomic mass is 10.1. The molecule has 1 aromatic rings. The number of carbonyl (C=O) groups is 3. The average Bonchev–Trinajstić information content (AvgIpc) is 2.58. The molecule has 2 aliphatic heterocycles. The summed E-state index contributed by atoms with van der Waals surface area (Å²) in [6.07, 6.45) is 0.421. The van der Waals surface area contributed by atoms with Gasteiger partial charge >= 0.3 is 0 Å². The van der Waals surface area contributed by atoms with E-state index in [1.165, 1.54) is 6.07 Å². The number of benzene rings is 1. The Hall–Kier alpha value is -2.48. The number of hydrogen-bond acceptors (Lipinski definition) is 5. The molecule has 2 fully saturated rings.